The zero-order valence-corrected chi connectivity index (χ0v) is 13.4. The molecular formula is C17H28O4. The molecule has 0 radical (unpaired) electrons. The van der Waals surface area contributed by atoms with Crippen LogP contribution in [0.1, 0.15) is 71.6 Å². The molecule has 0 aliphatic carbocycles. The third-order valence-corrected chi connectivity index (χ3v) is 3.07. The molecule has 0 bridgehead atoms. The highest BCUT2D eigenvalue weighted by molar-refractivity contribution is 5.72. The van der Waals surface area contributed by atoms with Crippen molar-refractivity contribution in [2.45, 2.75) is 77.7 Å². The third-order valence-electron chi connectivity index (χ3n) is 3.07. The van der Waals surface area contributed by atoms with Gasteiger partial charge in [-0.05, 0) is 19.8 Å². The number of ether oxygens (including phenoxy) is 2. The fraction of sp³-hybridized carbons (Fsp3) is 0.765. The van der Waals surface area contributed by atoms with Crippen LogP contribution in [0.15, 0.2) is 0 Å². The average molecular weight is 296 g/mol. The molecule has 4 nitrogen and oxygen atoms in total. The van der Waals surface area contributed by atoms with Crippen LogP contribution in [-0.2, 0) is 19.1 Å². The van der Waals surface area contributed by atoms with Crippen molar-refractivity contribution in [3.63, 3.8) is 0 Å². The lowest BCUT2D eigenvalue weighted by molar-refractivity contribution is -0.146. The van der Waals surface area contributed by atoms with Crippen LogP contribution >= 0.6 is 0 Å². The quantitative estimate of drug-likeness (QED) is 0.313. The van der Waals surface area contributed by atoms with Gasteiger partial charge in [0.1, 0.15) is 0 Å². The van der Waals surface area contributed by atoms with Crippen LogP contribution in [0.4, 0.5) is 0 Å². The first kappa shape index (κ1) is 19.5. The van der Waals surface area contributed by atoms with Gasteiger partial charge in [0.2, 0.25) is 0 Å². The van der Waals surface area contributed by atoms with E-state index in [1.54, 1.807) is 6.92 Å². The van der Waals surface area contributed by atoms with Gasteiger partial charge in [-0.2, -0.15) is 0 Å². The standard InChI is InChI=1S/C17H28O4/c1-4-6-7-8-9-10-14-20-16(18)12-11-13-17(19)21-15(3)5-2/h2,15H,4,6-14H2,1,3H3. The first-order valence-corrected chi connectivity index (χ1v) is 7.91. The molecule has 0 saturated carbocycles. The minimum absolute atomic E-state index is 0.193. The van der Waals surface area contributed by atoms with Crippen LogP contribution in [0.2, 0.25) is 0 Å². The SMILES string of the molecule is C#CC(C)OC(=O)CCCC(=O)OCCCCCCCC. The Labute approximate surface area is 128 Å². The highest BCUT2D eigenvalue weighted by Crippen LogP contribution is 2.06. The summed E-state index contributed by atoms with van der Waals surface area (Å²) in [4.78, 5) is 22.7. The smallest absolute Gasteiger partial charge is 0.307 e. The summed E-state index contributed by atoms with van der Waals surface area (Å²) in [6.45, 7) is 4.29. The molecule has 4 heteroatoms. The number of carbonyl (C=O) groups is 2. The first-order chi connectivity index (χ1) is 10.1. The lowest BCUT2D eigenvalue weighted by Crippen LogP contribution is -2.13. The van der Waals surface area contributed by atoms with Gasteiger partial charge in [-0.25, -0.2) is 0 Å². The van der Waals surface area contributed by atoms with E-state index in [0.717, 1.165) is 12.8 Å². The molecule has 0 aromatic carbocycles. The number of rotatable bonds is 12. The number of unbranched alkanes of at least 4 members (excludes halogenated alkanes) is 5. The van der Waals surface area contributed by atoms with Crippen molar-refractivity contribution >= 4 is 11.9 Å². The predicted molar refractivity (Wildman–Crippen MR) is 82.6 cm³/mol. The fourth-order valence-corrected chi connectivity index (χ4v) is 1.81. The minimum Gasteiger partial charge on any atom is -0.466 e. The largest absolute Gasteiger partial charge is 0.466 e. The van der Waals surface area contributed by atoms with Crippen LogP contribution in [0.25, 0.3) is 0 Å². The van der Waals surface area contributed by atoms with Crippen molar-refractivity contribution in [2.24, 2.45) is 0 Å². The molecule has 0 amide bonds. The Kier molecular flexibility index (Phi) is 12.5. The second-order valence-corrected chi connectivity index (χ2v) is 5.14. The summed E-state index contributed by atoms with van der Waals surface area (Å²) < 4.78 is 10.0. The summed E-state index contributed by atoms with van der Waals surface area (Å²) in [5.74, 6) is 1.69. The van der Waals surface area contributed by atoms with Crippen LogP contribution in [0.3, 0.4) is 0 Å². The zero-order chi connectivity index (χ0) is 15.9. The van der Waals surface area contributed by atoms with Gasteiger partial charge in [0.25, 0.3) is 0 Å². The zero-order valence-electron chi connectivity index (χ0n) is 13.4. The number of terminal acetylenes is 1. The van der Waals surface area contributed by atoms with Gasteiger partial charge in [0.05, 0.1) is 6.61 Å². The number of hydrogen-bond acceptors (Lipinski definition) is 4. The van der Waals surface area contributed by atoms with Gasteiger partial charge in [0, 0.05) is 12.8 Å². The van der Waals surface area contributed by atoms with E-state index in [-0.39, 0.29) is 24.8 Å². The predicted octanol–water partition coefficient (Wildman–Crippen LogP) is 3.63. The van der Waals surface area contributed by atoms with E-state index in [0.29, 0.717) is 13.0 Å². The molecule has 0 saturated heterocycles. The maximum atomic E-state index is 11.4. The van der Waals surface area contributed by atoms with E-state index < -0.39 is 6.10 Å². The Morgan fingerprint density at radius 2 is 1.62 bits per heavy atom. The molecule has 0 heterocycles. The fourth-order valence-electron chi connectivity index (χ4n) is 1.81. The number of carbonyl (C=O) groups excluding carboxylic acids is 2. The molecule has 0 aliphatic rings. The van der Waals surface area contributed by atoms with Crippen LogP contribution in [-0.4, -0.2) is 24.6 Å². The van der Waals surface area contributed by atoms with Gasteiger partial charge >= 0.3 is 11.9 Å². The van der Waals surface area contributed by atoms with E-state index in [2.05, 4.69) is 12.8 Å². The van der Waals surface area contributed by atoms with Crippen molar-refractivity contribution < 1.29 is 19.1 Å². The second kappa shape index (κ2) is 13.5. The normalized spacial score (nSPS) is 11.5. The minimum atomic E-state index is -0.517. The van der Waals surface area contributed by atoms with Gasteiger partial charge in [-0.1, -0.05) is 44.9 Å². The summed E-state index contributed by atoms with van der Waals surface area (Å²) in [5, 5.41) is 0. The molecule has 0 rings (SSSR count). The Morgan fingerprint density at radius 3 is 2.29 bits per heavy atom. The Hall–Kier alpha value is -1.50. The number of hydrogen-bond donors (Lipinski definition) is 0. The van der Waals surface area contributed by atoms with Crippen molar-refractivity contribution in [3.05, 3.63) is 0 Å². The molecule has 0 aromatic rings. The monoisotopic (exact) mass is 296 g/mol. The van der Waals surface area contributed by atoms with Crippen LogP contribution in [0.5, 0.6) is 0 Å². The van der Waals surface area contributed by atoms with E-state index in [4.69, 9.17) is 15.9 Å². The lowest BCUT2D eigenvalue weighted by atomic mass is 10.1. The highest BCUT2D eigenvalue weighted by atomic mass is 16.5. The molecular weight excluding hydrogens is 268 g/mol. The van der Waals surface area contributed by atoms with Crippen LogP contribution < -0.4 is 0 Å². The van der Waals surface area contributed by atoms with E-state index in [1.807, 2.05) is 0 Å². The highest BCUT2D eigenvalue weighted by Gasteiger charge is 2.09. The summed E-state index contributed by atoms with van der Waals surface area (Å²) in [6.07, 6.45) is 12.4. The molecule has 120 valence electrons. The molecule has 21 heavy (non-hydrogen) atoms. The van der Waals surface area contributed by atoms with Crippen molar-refractivity contribution in [1.29, 1.82) is 0 Å². The van der Waals surface area contributed by atoms with Crippen molar-refractivity contribution in [2.75, 3.05) is 6.61 Å². The molecule has 1 unspecified atom stereocenters. The van der Waals surface area contributed by atoms with Gasteiger partial charge in [-0.15, -0.1) is 6.42 Å². The molecule has 0 N–H and O–H groups in total. The second-order valence-electron chi connectivity index (χ2n) is 5.14. The van der Waals surface area contributed by atoms with Gasteiger partial charge < -0.3 is 9.47 Å². The molecule has 0 aliphatic heterocycles. The Bertz CT molecular complexity index is 330. The lowest BCUT2D eigenvalue weighted by Gasteiger charge is -2.07. The van der Waals surface area contributed by atoms with E-state index >= 15 is 0 Å². The summed E-state index contributed by atoms with van der Waals surface area (Å²) in [6, 6.07) is 0. The average Bonchev–Trinajstić information content (AvgIpc) is 2.46. The first-order valence-electron chi connectivity index (χ1n) is 7.91. The molecule has 1 atom stereocenters. The Morgan fingerprint density at radius 1 is 1.00 bits per heavy atom. The van der Waals surface area contributed by atoms with E-state index in [1.165, 1.54) is 25.7 Å². The maximum Gasteiger partial charge on any atom is 0.307 e. The summed E-state index contributed by atoms with van der Waals surface area (Å²) in [7, 11) is 0. The van der Waals surface area contributed by atoms with E-state index in [9.17, 15) is 9.59 Å². The maximum absolute atomic E-state index is 11.4. The topological polar surface area (TPSA) is 52.6 Å². The van der Waals surface area contributed by atoms with Crippen LogP contribution in [0, 0.1) is 12.3 Å². The molecule has 0 aromatic heterocycles. The number of esters is 2. The van der Waals surface area contributed by atoms with Crippen molar-refractivity contribution in [1.82, 2.24) is 0 Å². The molecule has 0 spiro atoms. The van der Waals surface area contributed by atoms with Gasteiger partial charge in [-0.3, -0.25) is 9.59 Å². The Balaban J connectivity index is 3.42. The van der Waals surface area contributed by atoms with Gasteiger partial charge in [0.15, 0.2) is 6.10 Å². The summed E-state index contributed by atoms with van der Waals surface area (Å²) in [5.41, 5.74) is 0. The summed E-state index contributed by atoms with van der Waals surface area (Å²) >= 11 is 0. The van der Waals surface area contributed by atoms with Crippen molar-refractivity contribution in [3.8, 4) is 12.3 Å². The molecule has 0 fully saturated rings. The third kappa shape index (κ3) is 13.2.